The van der Waals surface area contributed by atoms with Crippen LogP contribution in [-0.4, -0.2) is 27.6 Å². The van der Waals surface area contributed by atoms with Gasteiger partial charge in [-0.3, -0.25) is 4.79 Å². The van der Waals surface area contributed by atoms with Crippen molar-refractivity contribution in [1.29, 1.82) is 0 Å². The highest BCUT2D eigenvalue weighted by molar-refractivity contribution is 5.76. The van der Waals surface area contributed by atoms with E-state index in [1.165, 1.54) is 0 Å². The summed E-state index contributed by atoms with van der Waals surface area (Å²) in [7, 11) is 0. The number of nitrogens with zero attached hydrogens (tertiary/aromatic N) is 1. The van der Waals surface area contributed by atoms with E-state index in [9.17, 15) is 9.59 Å². The maximum atomic E-state index is 11.9. The van der Waals surface area contributed by atoms with Crippen molar-refractivity contribution in [3.05, 3.63) is 17.8 Å². The summed E-state index contributed by atoms with van der Waals surface area (Å²) in [5, 5.41) is 14.4. The maximum Gasteiger partial charge on any atom is 0.315 e. The second-order valence-electron chi connectivity index (χ2n) is 5.23. The quantitative estimate of drug-likeness (QED) is 0.760. The molecule has 1 aromatic heterocycles. The Morgan fingerprint density at radius 2 is 2.15 bits per heavy atom. The molecular weight excluding hydrogens is 262 g/mol. The Morgan fingerprint density at radius 3 is 2.70 bits per heavy atom. The van der Waals surface area contributed by atoms with Crippen LogP contribution in [0.1, 0.15) is 43.8 Å². The molecule has 2 rings (SSSR count). The number of carbonyl (C=O) groups is 2. The van der Waals surface area contributed by atoms with Crippen LogP contribution >= 0.6 is 0 Å². The minimum atomic E-state index is -0.893. The Morgan fingerprint density at radius 1 is 1.45 bits per heavy atom. The van der Waals surface area contributed by atoms with Crippen molar-refractivity contribution in [2.75, 3.05) is 0 Å². The van der Waals surface area contributed by atoms with Gasteiger partial charge in [0.25, 0.3) is 0 Å². The van der Waals surface area contributed by atoms with Gasteiger partial charge in [-0.2, -0.15) is 0 Å². The number of carbonyl (C=O) groups excluding carboxylic acids is 1. The minimum absolute atomic E-state index is 0.0431. The van der Waals surface area contributed by atoms with E-state index in [0.29, 0.717) is 24.5 Å². The molecule has 1 aliphatic carbocycles. The molecule has 1 fully saturated rings. The van der Waals surface area contributed by atoms with Gasteiger partial charge in [0.1, 0.15) is 5.76 Å². The summed E-state index contributed by atoms with van der Waals surface area (Å²) in [5.41, 5.74) is -0.623. The number of hydrogen-bond acceptors (Lipinski definition) is 4. The van der Waals surface area contributed by atoms with Crippen LogP contribution in [0.3, 0.4) is 0 Å². The molecule has 1 aliphatic rings. The lowest BCUT2D eigenvalue weighted by molar-refractivity contribution is -0.138. The van der Waals surface area contributed by atoms with E-state index < -0.39 is 11.5 Å². The monoisotopic (exact) mass is 281 g/mol. The predicted octanol–water partition coefficient (Wildman–Crippen LogP) is 1.57. The lowest BCUT2D eigenvalue weighted by Crippen LogP contribution is -2.51. The molecule has 20 heavy (non-hydrogen) atoms. The van der Waals surface area contributed by atoms with Crippen molar-refractivity contribution in [2.45, 2.75) is 51.1 Å². The highest BCUT2D eigenvalue weighted by atomic mass is 16.4. The van der Waals surface area contributed by atoms with Gasteiger partial charge in [0.2, 0.25) is 5.89 Å². The molecule has 0 aliphatic heterocycles. The van der Waals surface area contributed by atoms with Crippen molar-refractivity contribution >= 4 is 12.0 Å². The van der Waals surface area contributed by atoms with E-state index in [2.05, 4.69) is 15.6 Å². The van der Waals surface area contributed by atoms with E-state index in [1.54, 1.807) is 13.1 Å². The van der Waals surface area contributed by atoms with Gasteiger partial charge in [0.15, 0.2) is 0 Å². The van der Waals surface area contributed by atoms with Crippen LogP contribution in [0.25, 0.3) is 0 Å². The molecule has 0 spiro atoms. The van der Waals surface area contributed by atoms with Crippen LogP contribution in [0.2, 0.25) is 0 Å². The van der Waals surface area contributed by atoms with Gasteiger partial charge in [-0.15, -0.1) is 0 Å². The highest BCUT2D eigenvalue weighted by Gasteiger charge is 2.37. The van der Waals surface area contributed by atoms with Gasteiger partial charge < -0.3 is 20.2 Å². The van der Waals surface area contributed by atoms with Crippen molar-refractivity contribution in [2.24, 2.45) is 0 Å². The van der Waals surface area contributed by atoms with E-state index in [1.807, 2.05) is 0 Å². The number of nitrogens with one attached hydrogen (secondary N) is 2. The van der Waals surface area contributed by atoms with Crippen LogP contribution in [0.15, 0.2) is 10.6 Å². The molecule has 0 bridgehead atoms. The first-order chi connectivity index (χ1) is 9.49. The molecule has 0 aromatic carbocycles. The number of oxazole rings is 1. The van der Waals surface area contributed by atoms with E-state index in [-0.39, 0.29) is 19.0 Å². The van der Waals surface area contributed by atoms with Crippen molar-refractivity contribution < 1.29 is 19.1 Å². The second-order valence-corrected chi connectivity index (χ2v) is 5.23. The average Bonchev–Trinajstić information content (AvgIpc) is 2.95. The summed E-state index contributed by atoms with van der Waals surface area (Å²) < 4.78 is 5.25. The number of carboxylic acid groups (broad SMARTS) is 1. The fourth-order valence-corrected chi connectivity index (χ4v) is 2.61. The molecule has 2 amide bonds. The Hall–Kier alpha value is -2.05. The maximum absolute atomic E-state index is 11.9. The number of urea groups is 1. The fraction of sp³-hybridized carbons (Fsp3) is 0.615. The fourth-order valence-electron chi connectivity index (χ4n) is 2.61. The SMILES string of the molecule is Cc1cnc(CNC(=O)NC2(CC(=O)O)CCCC2)o1. The van der Waals surface area contributed by atoms with Gasteiger partial charge in [0.05, 0.1) is 24.7 Å². The topological polar surface area (TPSA) is 104 Å². The third-order valence-electron chi connectivity index (χ3n) is 3.50. The molecule has 7 nitrogen and oxygen atoms in total. The summed E-state index contributed by atoms with van der Waals surface area (Å²) in [5.74, 6) is 0.215. The van der Waals surface area contributed by atoms with Gasteiger partial charge in [-0.25, -0.2) is 9.78 Å². The van der Waals surface area contributed by atoms with Crippen molar-refractivity contribution in [3.63, 3.8) is 0 Å². The lowest BCUT2D eigenvalue weighted by Gasteiger charge is -2.28. The number of aliphatic carboxylic acids is 1. The molecule has 0 saturated heterocycles. The zero-order valence-corrected chi connectivity index (χ0v) is 11.4. The molecule has 1 heterocycles. The molecule has 0 radical (unpaired) electrons. The first-order valence-corrected chi connectivity index (χ1v) is 6.68. The molecule has 1 saturated carbocycles. The number of carboxylic acids is 1. The summed E-state index contributed by atoms with van der Waals surface area (Å²) in [6.07, 6.45) is 4.81. The zero-order valence-electron chi connectivity index (χ0n) is 11.4. The van der Waals surface area contributed by atoms with E-state index in [4.69, 9.17) is 9.52 Å². The normalized spacial score (nSPS) is 16.9. The predicted molar refractivity (Wildman–Crippen MR) is 70.1 cm³/mol. The average molecular weight is 281 g/mol. The molecular formula is C13H19N3O4. The third-order valence-corrected chi connectivity index (χ3v) is 3.50. The number of hydrogen-bond donors (Lipinski definition) is 3. The number of rotatable bonds is 5. The van der Waals surface area contributed by atoms with Crippen LogP contribution in [0.5, 0.6) is 0 Å². The zero-order chi connectivity index (χ0) is 14.6. The summed E-state index contributed by atoms with van der Waals surface area (Å²) >= 11 is 0. The molecule has 7 heteroatoms. The molecule has 0 atom stereocenters. The molecule has 1 aromatic rings. The molecule has 0 unspecified atom stereocenters. The Kier molecular flexibility index (Phi) is 4.26. The Labute approximate surface area is 116 Å². The summed E-state index contributed by atoms with van der Waals surface area (Å²) in [4.78, 5) is 26.8. The van der Waals surface area contributed by atoms with Gasteiger partial charge in [-0.05, 0) is 19.8 Å². The summed E-state index contributed by atoms with van der Waals surface area (Å²) in [6.45, 7) is 1.96. The Bertz CT molecular complexity index is 492. The van der Waals surface area contributed by atoms with Crippen molar-refractivity contribution in [1.82, 2.24) is 15.6 Å². The van der Waals surface area contributed by atoms with Crippen LogP contribution in [-0.2, 0) is 11.3 Å². The van der Waals surface area contributed by atoms with E-state index in [0.717, 1.165) is 12.8 Å². The largest absolute Gasteiger partial charge is 0.481 e. The highest BCUT2D eigenvalue weighted by Crippen LogP contribution is 2.32. The first-order valence-electron chi connectivity index (χ1n) is 6.68. The number of aryl methyl sites for hydroxylation is 1. The first kappa shape index (κ1) is 14.4. The smallest absolute Gasteiger partial charge is 0.315 e. The minimum Gasteiger partial charge on any atom is -0.481 e. The molecule has 110 valence electrons. The van der Waals surface area contributed by atoms with Gasteiger partial charge >= 0.3 is 12.0 Å². The summed E-state index contributed by atoms with van der Waals surface area (Å²) in [6, 6.07) is -0.385. The number of aromatic nitrogens is 1. The van der Waals surface area contributed by atoms with Crippen LogP contribution < -0.4 is 10.6 Å². The van der Waals surface area contributed by atoms with E-state index >= 15 is 0 Å². The van der Waals surface area contributed by atoms with Gasteiger partial charge in [0, 0.05) is 0 Å². The number of amides is 2. The van der Waals surface area contributed by atoms with Crippen LogP contribution in [0.4, 0.5) is 4.79 Å². The molecule has 3 N–H and O–H groups in total. The lowest BCUT2D eigenvalue weighted by atomic mass is 9.93. The van der Waals surface area contributed by atoms with Crippen LogP contribution in [0, 0.1) is 6.92 Å². The second kappa shape index (κ2) is 5.94. The van der Waals surface area contributed by atoms with Crippen molar-refractivity contribution in [3.8, 4) is 0 Å². The Balaban J connectivity index is 1.87. The standard InChI is InChI=1S/C13H19N3O4/c1-9-7-14-10(20-9)8-15-12(19)16-13(6-11(17)18)4-2-3-5-13/h7H,2-6,8H2,1H3,(H,17,18)(H2,15,16,19). The third kappa shape index (κ3) is 3.72. The van der Waals surface area contributed by atoms with Gasteiger partial charge in [-0.1, -0.05) is 12.8 Å².